The second kappa shape index (κ2) is 7.00. The second-order valence-corrected chi connectivity index (χ2v) is 6.34. The van der Waals surface area contributed by atoms with E-state index in [4.69, 9.17) is 9.84 Å². The summed E-state index contributed by atoms with van der Waals surface area (Å²) in [5, 5.41) is 15.8. The van der Waals surface area contributed by atoms with Crippen LogP contribution in [0, 0.1) is 6.92 Å². The molecule has 0 aliphatic heterocycles. The Morgan fingerprint density at radius 1 is 0.852 bits per heavy atom. The summed E-state index contributed by atoms with van der Waals surface area (Å²) < 4.78 is 7.05. The Balaban J connectivity index is 1.97. The minimum absolute atomic E-state index is 0.173. The molecule has 1 N–H and O–H groups in total. The van der Waals surface area contributed by atoms with Crippen LogP contribution in [0.25, 0.3) is 28.2 Å². The molecule has 0 fully saturated rings. The fraction of sp³-hybridized carbons (Fsp3) is 0.0870. The summed E-state index contributed by atoms with van der Waals surface area (Å²) >= 11 is 0. The summed E-state index contributed by atoms with van der Waals surface area (Å²) in [5.74, 6) is 0.946. The van der Waals surface area contributed by atoms with E-state index < -0.39 is 0 Å². The van der Waals surface area contributed by atoms with Crippen molar-refractivity contribution in [1.82, 2.24) is 9.78 Å². The molecule has 0 saturated heterocycles. The molecular formula is C23H20N2O2. The van der Waals surface area contributed by atoms with Gasteiger partial charge >= 0.3 is 0 Å². The molecule has 134 valence electrons. The number of nitrogens with zero attached hydrogens (tertiary/aromatic N) is 2. The minimum Gasteiger partial charge on any atom is -0.504 e. The first kappa shape index (κ1) is 16.9. The number of aromatic hydroxyl groups is 1. The van der Waals surface area contributed by atoms with E-state index in [9.17, 15) is 5.11 Å². The Labute approximate surface area is 158 Å². The molecule has 0 aliphatic carbocycles. The molecule has 0 unspecified atom stereocenters. The fourth-order valence-corrected chi connectivity index (χ4v) is 3.19. The molecule has 1 heterocycles. The summed E-state index contributed by atoms with van der Waals surface area (Å²) in [7, 11) is 1.64. The lowest BCUT2D eigenvalue weighted by atomic mass is 10.0. The van der Waals surface area contributed by atoms with Crippen LogP contribution in [-0.2, 0) is 0 Å². The number of methoxy groups -OCH3 is 1. The summed E-state index contributed by atoms with van der Waals surface area (Å²) in [4.78, 5) is 0. The predicted molar refractivity (Wildman–Crippen MR) is 107 cm³/mol. The standard InChI is InChI=1S/C23H20N2O2/c1-16-8-6-7-11-20(16)22-23(26)21(17-9-4-3-5-10-17)24-25(22)18-12-14-19(27-2)15-13-18/h3-15,26H,1-2H3. The molecule has 27 heavy (non-hydrogen) atoms. The fourth-order valence-electron chi connectivity index (χ4n) is 3.19. The first-order valence-electron chi connectivity index (χ1n) is 8.77. The number of aryl methyl sites for hydroxylation is 1. The van der Waals surface area contributed by atoms with Crippen molar-refractivity contribution in [2.75, 3.05) is 7.11 Å². The Hall–Kier alpha value is -3.53. The first-order valence-corrected chi connectivity index (χ1v) is 8.77. The normalized spacial score (nSPS) is 10.7. The van der Waals surface area contributed by atoms with Gasteiger partial charge in [-0.25, -0.2) is 4.68 Å². The van der Waals surface area contributed by atoms with Gasteiger partial charge in [-0.3, -0.25) is 0 Å². The second-order valence-electron chi connectivity index (χ2n) is 6.34. The molecule has 0 radical (unpaired) electrons. The highest BCUT2D eigenvalue weighted by Gasteiger charge is 2.22. The van der Waals surface area contributed by atoms with E-state index in [0.717, 1.165) is 28.1 Å². The van der Waals surface area contributed by atoms with Crippen molar-refractivity contribution < 1.29 is 9.84 Å². The monoisotopic (exact) mass is 356 g/mol. The number of ether oxygens (including phenoxy) is 1. The number of benzene rings is 3. The van der Waals surface area contributed by atoms with Crippen LogP contribution in [0.3, 0.4) is 0 Å². The third-order valence-corrected chi connectivity index (χ3v) is 4.62. The van der Waals surface area contributed by atoms with Crippen LogP contribution in [0.5, 0.6) is 11.5 Å². The molecule has 0 aliphatic rings. The number of aromatic nitrogens is 2. The molecule has 4 rings (SSSR count). The van der Waals surface area contributed by atoms with Crippen molar-refractivity contribution in [3.63, 3.8) is 0 Å². The highest BCUT2D eigenvalue weighted by Crippen LogP contribution is 2.40. The van der Waals surface area contributed by atoms with E-state index in [0.29, 0.717) is 11.4 Å². The predicted octanol–water partition coefficient (Wildman–Crippen LogP) is 5.23. The third-order valence-electron chi connectivity index (χ3n) is 4.62. The van der Waals surface area contributed by atoms with Gasteiger partial charge in [0.1, 0.15) is 17.1 Å². The number of hydrogen-bond acceptors (Lipinski definition) is 3. The molecule has 3 aromatic carbocycles. The zero-order valence-electron chi connectivity index (χ0n) is 15.3. The first-order chi connectivity index (χ1) is 13.2. The lowest BCUT2D eigenvalue weighted by molar-refractivity contribution is 0.414. The molecule has 0 amide bonds. The average molecular weight is 356 g/mol. The van der Waals surface area contributed by atoms with E-state index in [-0.39, 0.29) is 5.75 Å². The van der Waals surface area contributed by atoms with Gasteiger partial charge in [-0.2, -0.15) is 5.10 Å². The lowest BCUT2D eigenvalue weighted by Crippen LogP contribution is -2.00. The Morgan fingerprint density at radius 2 is 1.52 bits per heavy atom. The lowest BCUT2D eigenvalue weighted by Gasteiger charge is -2.10. The van der Waals surface area contributed by atoms with Crippen molar-refractivity contribution >= 4 is 0 Å². The van der Waals surface area contributed by atoms with Crippen molar-refractivity contribution in [2.45, 2.75) is 6.92 Å². The Bertz CT molecular complexity index is 1070. The van der Waals surface area contributed by atoms with Gasteiger partial charge < -0.3 is 9.84 Å². The molecule has 4 nitrogen and oxygen atoms in total. The largest absolute Gasteiger partial charge is 0.504 e. The molecule has 0 bridgehead atoms. The van der Waals surface area contributed by atoms with Gasteiger partial charge in [0.05, 0.1) is 12.8 Å². The summed E-state index contributed by atoms with van der Waals surface area (Å²) in [5.41, 5.74) is 4.98. The van der Waals surface area contributed by atoms with Gasteiger partial charge in [0, 0.05) is 11.1 Å². The van der Waals surface area contributed by atoms with E-state index in [1.54, 1.807) is 11.8 Å². The summed E-state index contributed by atoms with van der Waals surface area (Å²) in [6.45, 7) is 2.03. The van der Waals surface area contributed by atoms with Gasteiger partial charge in [-0.1, -0.05) is 54.6 Å². The van der Waals surface area contributed by atoms with Crippen LogP contribution in [0.15, 0.2) is 78.9 Å². The smallest absolute Gasteiger partial charge is 0.170 e. The van der Waals surface area contributed by atoms with Crippen molar-refractivity contribution in [3.8, 4) is 39.7 Å². The summed E-state index contributed by atoms with van der Waals surface area (Å²) in [6, 6.07) is 25.3. The molecule has 0 atom stereocenters. The van der Waals surface area contributed by atoms with E-state index in [1.807, 2.05) is 85.8 Å². The van der Waals surface area contributed by atoms with Crippen molar-refractivity contribution in [2.24, 2.45) is 0 Å². The third kappa shape index (κ3) is 3.06. The van der Waals surface area contributed by atoms with Gasteiger partial charge in [0.15, 0.2) is 5.75 Å². The summed E-state index contributed by atoms with van der Waals surface area (Å²) in [6.07, 6.45) is 0. The Kier molecular flexibility index (Phi) is 4.38. The molecule has 0 saturated carbocycles. The van der Waals surface area contributed by atoms with Crippen LogP contribution >= 0.6 is 0 Å². The van der Waals surface area contributed by atoms with Gasteiger partial charge in [-0.05, 0) is 36.8 Å². The van der Waals surface area contributed by atoms with Crippen LogP contribution in [0.4, 0.5) is 0 Å². The molecule has 0 spiro atoms. The highest BCUT2D eigenvalue weighted by atomic mass is 16.5. The molecular weight excluding hydrogens is 336 g/mol. The van der Waals surface area contributed by atoms with E-state index in [2.05, 4.69) is 0 Å². The molecule has 1 aromatic heterocycles. The van der Waals surface area contributed by atoms with Crippen LogP contribution in [-0.4, -0.2) is 22.0 Å². The van der Waals surface area contributed by atoms with E-state index >= 15 is 0 Å². The maximum Gasteiger partial charge on any atom is 0.170 e. The number of rotatable bonds is 4. The van der Waals surface area contributed by atoms with E-state index in [1.165, 1.54) is 0 Å². The van der Waals surface area contributed by atoms with Crippen LogP contribution < -0.4 is 4.74 Å². The maximum absolute atomic E-state index is 11.1. The molecule has 4 heteroatoms. The zero-order valence-corrected chi connectivity index (χ0v) is 15.3. The topological polar surface area (TPSA) is 47.3 Å². The van der Waals surface area contributed by atoms with Crippen LogP contribution in [0.1, 0.15) is 5.56 Å². The zero-order chi connectivity index (χ0) is 18.8. The van der Waals surface area contributed by atoms with Crippen LogP contribution in [0.2, 0.25) is 0 Å². The van der Waals surface area contributed by atoms with Gasteiger partial charge in [-0.15, -0.1) is 0 Å². The van der Waals surface area contributed by atoms with Gasteiger partial charge in [0.25, 0.3) is 0 Å². The van der Waals surface area contributed by atoms with Crippen molar-refractivity contribution in [1.29, 1.82) is 0 Å². The molecule has 4 aromatic rings. The minimum atomic E-state index is 0.173. The highest BCUT2D eigenvalue weighted by molar-refractivity contribution is 5.80. The Morgan fingerprint density at radius 3 is 2.19 bits per heavy atom. The van der Waals surface area contributed by atoms with Crippen molar-refractivity contribution in [3.05, 3.63) is 84.4 Å². The quantitative estimate of drug-likeness (QED) is 0.545. The number of hydrogen-bond donors (Lipinski definition) is 1. The SMILES string of the molecule is COc1ccc(-n2nc(-c3ccccc3)c(O)c2-c2ccccc2C)cc1. The van der Waals surface area contributed by atoms with Gasteiger partial charge in [0.2, 0.25) is 0 Å². The maximum atomic E-state index is 11.1. The average Bonchev–Trinajstić information content (AvgIpc) is 3.06.